The average molecular weight is 96.1 g/mol. The minimum Gasteiger partial charge on any atom is -0.313 e. The summed E-state index contributed by atoms with van der Waals surface area (Å²) in [5.41, 5.74) is 0. The predicted octanol–water partition coefficient (Wildman–Crippen LogP) is 1.19. The van der Waals surface area contributed by atoms with E-state index in [-0.39, 0.29) is 5.92 Å². The lowest BCUT2D eigenvalue weighted by molar-refractivity contribution is 0.792. The van der Waals surface area contributed by atoms with Crippen LogP contribution in [-0.2, 0) is 0 Å². The highest BCUT2D eigenvalue weighted by atomic mass is 14.3. The Morgan fingerprint density at radius 3 is 2.71 bits per heavy atom. The number of nitrogens with zero attached hydrogens (tertiary/aromatic N) is 1. The topological polar surface area (TPSA) is 47.6 Å². The molecule has 38 valence electrons. The van der Waals surface area contributed by atoms with Crippen LogP contribution in [0.2, 0.25) is 0 Å². The van der Waals surface area contributed by atoms with Crippen LogP contribution in [-0.4, -0.2) is 6.21 Å². The van der Waals surface area contributed by atoms with Gasteiger partial charge in [-0.05, 0) is 19.6 Å². The highest BCUT2D eigenvalue weighted by Gasteiger charge is 1.91. The summed E-state index contributed by atoms with van der Waals surface area (Å²) in [6.45, 7) is 1.80. The fourth-order valence-corrected chi connectivity index (χ4v) is 0.229. The third-order valence-corrected chi connectivity index (χ3v) is 0.692. The van der Waals surface area contributed by atoms with Crippen molar-refractivity contribution >= 4 is 6.21 Å². The third-order valence-electron chi connectivity index (χ3n) is 0.692. The van der Waals surface area contributed by atoms with E-state index in [0.29, 0.717) is 6.42 Å². The molecule has 0 aromatic heterocycles. The molecule has 0 heterocycles. The molecule has 1 atom stereocenters. The van der Waals surface area contributed by atoms with Crippen LogP contribution in [0.4, 0.5) is 0 Å². The van der Waals surface area contributed by atoms with Crippen molar-refractivity contribution in [1.29, 1.82) is 10.7 Å². The normalized spacial score (nSPS) is 12.0. The molecule has 0 radical (unpaired) electrons. The Balaban J connectivity index is 3.21. The van der Waals surface area contributed by atoms with Crippen LogP contribution < -0.4 is 0 Å². The summed E-state index contributed by atoms with van der Waals surface area (Å²) in [4.78, 5) is 0. The Kier molecular flexibility index (Phi) is 2.95. The van der Waals surface area contributed by atoms with Crippen molar-refractivity contribution in [2.75, 3.05) is 0 Å². The first-order chi connectivity index (χ1) is 3.31. The summed E-state index contributed by atoms with van der Waals surface area (Å²) < 4.78 is 0. The molecule has 0 aromatic rings. The van der Waals surface area contributed by atoms with Gasteiger partial charge < -0.3 is 5.41 Å². The van der Waals surface area contributed by atoms with E-state index in [9.17, 15) is 0 Å². The van der Waals surface area contributed by atoms with E-state index in [4.69, 9.17) is 10.7 Å². The maximum Gasteiger partial charge on any atom is 0.0656 e. The Hall–Kier alpha value is -0.840. The van der Waals surface area contributed by atoms with Crippen LogP contribution in [0.25, 0.3) is 0 Å². The quantitative estimate of drug-likeness (QED) is 0.515. The van der Waals surface area contributed by atoms with Gasteiger partial charge in [-0.2, -0.15) is 5.26 Å². The molecular weight excluding hydrogens is 88.1 g/mol. The number of rotatable bonds is 2. The molecule has 2 nitrogen and oxygen atoms in total. The molecule has 0 aromatic carbocycles. The fourth-order valence-electron chi connectivity index (χ4n) is 0.229. The maximum atomic E-state index is 8.11. The molecule has 0 unspecified atom stereocenters. The molecule has 0 aliphatic rings. The molecule has 0 bridgehead atoms. The lowest BCUT2D eigenvalue weighted by atomic mass is 10.1. The van der Waals surface area contributed by atoms with Crippen LogP contribution in [0.15, 0.2) is 0 Å². The molecule has 0 aliphatic heterocycles. The molecule has 0 spiro atoms. The Labute approximate surface area is 43.3 Å². The summed E-state index contributed by atoms with van der Waals surface area (Å²) in [5, 5.41) is 14.7. The summed E-state index contributed by atoms with van der Waals surface area (Å²) in [7, 11) is 0. The molecular formula is C5H8N2. The van der Waals surface area contributed by atoms with Gasteiger partial charge in [-0.15, -0.1) is 0 Å². The zero-order chi connectivity index (χ0) is 5.70. The van der Waals surface area contributed by atoms with Crippen LogP contribution in [0.1, 0.15) is 13.3 Å². The number of nitriles is 1. The van der Waals surface area contributed by atoms with Gasteiger partial charge in [0.05, 0.1) is 6.07 Å². The Bertz CT molecular complexity index is 90.7. The first-order valence-electron chi connectivity index (χ1n) is 2.19. The SMILES string of the molecule is C[C@@H](C#N)CC=N. The van der Waals surface area contributed by atoms with Crippen LogP contribution >= 0.6 is 0 Å². The van der Waals surface area contributed by atoms with Crippen molar-refractivity contribution in [2.45, 2.75) is 13.3 Å². The zero-order valence-electron chi connectivity index (χ0n) is 4.31. The van der Waals surface area contributed by atoms with E-state index in [1.165, 1.54) is 6.21 Å². The van der Waals surface area contributed by atoms with Gasteiger partial charge >= 0.3 is 0 Å². The van der Waals surface area contributed by atoms with Crippen molar-refractivity contribution in [3.8, 4) is 6.07 Å². The summed E-state index contributed by atoms with van der Waals surface area (Å²) in [6.07, 6.45) is 1.84. The van der Waals surface area contributed by atoms with Gasteiger partial charge in [-0.1, -0.05) is 0 Å². The van der Waals surface area contributed by atoms with Crippen LogP contribution in [0.5, 0.6) is 0 Å². The minimum atomic E-state index is 0.0116. The maximum absolute atomic E-state index is 8.11. The van der Waals surface area contributed by atoms with Crippen LogP contribution in [0.3, 0.4) is 0 Å². The first kappa shape index (κ1) is 6.16. The van der Waals surface area contributed by atoms with Crippen molar-refractivity contribution in [1.82, 2.24) is 0 Å². The van der Waals surface area contributed by atoms with Crippen molar-refractivity contribution in [2.24, 2.45) is 5.92 Å². The predicted molar refractivity (Wildman–Crippen MR) is 28.2 cm³/mol. The Morgan fingerprint density at radius 2 is 2.57 bits per heavy atom. The summed E-state index contributed by atoms with van der Waals surface area (Å²) in [6, 6.07) is 2.01. The summed E-state index contributed by atoms with van der Waals surface area (Å²) in [5.74, 6) is 0.0116. The van der Waals surface area contributed by atoms with E-state index < -0.39 is 0 Å². The van der Waals surface area contributed by atoms with Gasteiger partial charge in [0, 0.05) is 5.92 Å². The molecule has 0 fully saturated rings. The number of hydrogen-bond acceptors (Lipinski definition) is 2. The molecule has 0 amide bonds. The molecule has 0 saturated heterocycles. The monoisotopic (exact) mass is 96.1 g/mol. The number of nitrogens with one attached hydrogen (secondary N) is 1. The van der Waals surface area contributed by atoms with E-state index in [2.05, 4.69) is 0 Å². The fraction of sp³-hybridized carbons (Fsp3) is 0.600. The molecule has 1 N–H and O–H groups in total. The van der Waals surface area contributed by atoms with Gasteiger partial charge in [-0.25, -0.2) is 0 Å². The standard InChI is InChI=1S/C5H8N2/c1-5(4-7)2-3-6/h3,5-6H,2H2,1H3/t5-/m1/s1. The minimum absolute atomic E-state index is 0.0116. The van der Waals surface area contributed by atoms with Gasteiger partial charge in [0.1, 0.15) is 0 Å². The average Bonchev–Trinajstić information content (AvgIpc) is 1.68. The molecule has 7 heavy (non-hydrogen) atoms. The number of hydrogen-bond donors (Lipinski definition) is 1. The molecule has 2 heteroatoms. The lowest BCUT2D eigenvalue weighted by Gasteiger charge is -1.88. The van der Waals surface area contributed by atoms with Crippen molar-refractivity contribution < 1.29 is 0 Å². The second kappa shape index (κ2) is 3.35. The largest absolute Gasteiger partial charge is 0.313 e. The van der Waals surface area contributed by atoms with Gasteiger partial charge in [0.15, 0.2) is 0 Å². The van der Waals surface area contributed by atoms with E-state index in [1.807, 2.05) is 6.07 Å². The third kappa shape index (κ3) is 2.98. The van der Waals surface area contributed by atoms with Gasteiger partial charge in [0.2, 0.25) is 0 Å². The van der Waals surface area contributed by atoms with Crippen molar-refractivity contribution in [3.63, 3.8) is 0 Å². The smallest absolute Gasteiger partial charge is 0.0656 e. The molecule has 0 rings (SSSR count). The highest BCUT2D eigenvalue weighted by molar-refractivity contribution is 5.53. The lowest BCUT2D eigenvalue weighted by Crippen LogP contribution is -1.87. The van der Waals surface area contributed by atoms with E-state index >= 15 is 0 Å². The molecule has 0 aliphatic carbocycles. The Morgan fingerprint density at radius 1 is 2.00 bits per heavy atom. The van der Waals surface area contributed by atoms with Gasteiger partial charge in [-0.3, -0.25) is 0 Å². The van der Waals surface area contributed by atoms with E-state index in [0.717, 1.165) is 0 Å². The van der Waals surface area contributed by atoms with Crippen molar-refractivity contribution in [3.05, 3.63) is 0 Å². The molecule has 0 saturated carbocycles. The first-order valence-corrected chi connectivity index (χ1v) is 2.19. The zero-order valence-corrected chi connectivity index (χ0v) is 4.31. The highest BCUT2D eigenvalue weighted by Crippen LogP contribution is 1.93. The summed E-state index contributed by atoms with van der Waals surface area (Å²) >= 11 is 0. The second-order valence-corrected chi connectivity index (χ2v) is 1.47. The van der Waals surface area contributed by atoms with Crippen LogP contribution in [0, 0.1) is 22.7 Å². The second-order valence-electron chi connectivity index (χ2n) is 1.47. The van der Waals surface area contributed by atoms with E-state index in [1.54, 1.807) is 6.92 Å². The van der Waals surface area contributed by atoms with Gasteiger partial charge in [0.25, 0.3) is 0 Å².